The number of phenols is 2. The highest BCUT2D eigenvalue weighted by Crippen LogP contribution is 2.39. The fourth-order valence-electron chi connectivity index (χ4n) is 2.09. The molecule has 106 valence electrons. The van der Waals surface area contributed by atoms with Crippen LogP contribution in [-0.4, -0.2) is 23.1 Å². The van der Waals surface area contributed by atoms with Crippen molar-refractivity contribution in [3.05, 3.63) is 53.3 Å². The van der Waals surface area contributed by atoms with Crippen LogP contribution in [0.25, 0.3) is 6.08 Å². The Morgan fingerprint density at radius 2 is 1.86 bits per heavy atom. The van der Waals surface area contributed by atoms with Crippen LogP contribution >= 0.6 is 0 Å². The summed E-state index contributed by atoms with van der Waals surface area (Å²) in [4.78, 5) is 12.2. The molecule has 2 aromatic carbocycles. The molecule has 0 aromatic heterocycles. The summed E-state index contributed by atoms with van der Waals surface area (Å²) < 4.78 is 10.5. The molecule has 1 heterocycles. The van der Waals surface area contributed by atoms with Crippen molar-refractivity contribution >= 4 is 11.9 Å². The monoisotopic (exact) mass is 284 g/mol. The summed E-state index contributed by atoms with van der Waals surface area (Å²) in [6.07, 6.45) is 1.57. The first-order valence-corrected chi connectivity index (χ1v) is 6.23. The fraction of sp³-hybridized carbons (Fsp3) is 0.0625. The summed E-state index contributed by atoms with van der Waals surface area (Å²) in [6, 6.07) is 9.18. The Morgan fingerprint density at radius 1 is 1.14 bits per heavy atom. The van der Waals surface area contributed by atoms with Crippen molar-refractivity contribution < 1.29 is 24.5 Å². The van der Waals surface area contributed by atoms with Crippen LogP contribution in [-0.2, 0) is 0 Å². The van der Waals surface area contributed by atoms with E-state index in [1.165, 1.54) is 31.4 Å². The number of hydrogen-bond donors (Lipinski definition) is 2. The maximum atomic E-state index is 12.2. The number of ether oxygens (including phenoxy) is 2. The Kier molecular flexibility index (Phi) is 3.02. The molecule has 0 saturated carbocycles. The molecule has 0 amide bonds. The Morgan fingerprint density at radius 3 is 2.52 bits per heavy atom. The molecule has 0 aliphatic carbocycles. The maximum absolute atomic E-state index is 12.2. The van der Waals surface area contributed by atoms with Gasteiger partial charge in [-0.25, -0.2) is 0 Å². The highest BCUT2D eigenvalue weighted by Gasteiger charge is 2.29. The molecule has 0 saturated heterocycles. The van der Waals surface area contributed by atoms with Crippen LogP contribution in [0.15, 0.2) is 42.2 Å². The molecule has 21 heavy (non-hydrogen) atoms. The summed E-state index contributed by atoms with van der Waals surface area (Å²) in [5.41, 5.74) is 1.01. The number of phenolic OH excluding ortho intramolecular Hbond substituents is 2. The van der Waals surface area contributed by atoms with Crippen molar-refractivity contribution in [2.24, 2.45) is 0 Å². The van der Waals surface area contributed by atoms with Crippen molar-refractivity contribution in [3.63, 3.8) is 0 Å². The van der Waals surface area contributed by atoms with Gasteiger partial charge in [-0.15, -0.1) is 0 Å². The van der Waals surface area contributed by atoms with Gasteiger partial charge in [0.25, 0.3) is 0 Å². The number of rotatable bonds is 2. The highest BCUT2D eigenvalue weighted by molar-refractivity contribution is 6.14. The van der Waals surface area contributed by atoms with Crippen molar-refractivity contribution in [2.45, 2.75) is 0 Å². The van der Waals surface area contributed by atoms with Crippen LogP contribution in [0.2, 0.25) is 0 Å². The van der Waals surface area contributed by atoms with Gasteiger partial charge in [-0.3, -0.25) is 4.79 Å². The lowest BCUT2D eigenvalue weighted by Gasteiger charge is -2.04. The van der Waals surface area contributed by atoms with Crippen LogP contribution in [0.4, 0.5) is 0 Å². The third-order valence-corrected chi connectivity index (χ3v) is 3.16. The summed E-state index contributed by atoms with van der Waals surface area (Å²) in [5.74, 6) is 0.472. The zero-order chi connectivity index (χ0) is 15.0. The van der Waals surface area contributed by atoms with E-state index < -0.39 is 0 Å². The van der Waals surface area contributed by atoms with Gasteiger partial charge in [0.1, 0.15) is 11.5 Å². The molecule has 0 atom stereocenters. The van der Waals surface area contributed by atoms with Gasteiger partial charge in [-0.05, 0) is 29.8 Å². The normalized spacial score (nSPS) is 14.9. The first-order valence-electron chi connectivity index (χ1n) is 6.23. The van der Waals surface area contributed by atoms with Crippen LogP contribution in [0.3, 0.4) is 0 Å². The molecule has 5 nitrogen and oxygen atoms in total. The molecule has 3 rings (SSSR count). The zero-order valence-corrected chi connectivity index (χ0v) is 11.2. The van der Waals surface area contributed by atoms with Crippen LogP contribution in [0, 0.1) is 0 Å². The van der Waals surface area contributed by atoms with Crippen LogP contribution in [0.5, 0.6) is 23.0 Å². The summed E-state index contributed by atoms with van der Waals surface area (Å²) in [7, 11) is 1.42. The summed E-state index contributed by atoms with van der Waals surface area (Å²) in [5, 5.41) is 19.0. The van der Waals surface area contributed by atoms with E-state index in [2.05, 4.69) is 0 Å². The zero-order valence-electron chi connectivity index (χ0n) is 11.2. The standard InChI is InChI=1S/C16H12O5/c1-20-14-8-13-11(7-12(14)18)16(19)15(21-13)6-9-2-4-10(17)5-3-9/h2-8,17-18H,1H3. The molecule has 2 aromatic rings. The number of benzene rings is 2. The summed E-state index contributed by atoms with van der Waals surface area (Å²) >= 11 is 0. The first-order chi connectivity index (χ1) is 10.1. The second-order valence-corrected chi connectivity index (χ2v) is 4.55. The molecule has 1 aliphatic heterocycles. The number of hydrogen-bond acceptors (Lipinski definition) is 5. The third kappa shape index (κ3) is 2.29. The van der Waals surface area contributed by atoms with Crippen molar-refractivity contribution in [1.29, 1.82) is 0 Å². The van der Waals surface area contributed by atoms with E-state index in [4.69, 9.17) is 9.47 Å². The Hall–Kier alpha value is -2.95. The molecular weight excluding hydrogens is 272 g/mol. The van der Waals surface area contributed by atoms with Crippen LogP contribution in [0.1, 0.15) is 15.9 Å². The Labute approximate surface area is 120 Å². The molecule has 0 fully saturated rings. The molecule has 0 bridgehead atoms. The van der Waals surface area contributed by atoms with E-state index >= 15 is 0 Å². The lowest BCUT2D eigenvalue weighted by molar-refractivity contribution is 0.101. The fourth-order valence-corrected chi connectivity index (χ4v) is 2.09. The van der Waals surface area contributed by atoms with E-state index in [0.29, 0.717) is 11.3 Å². The molecular formula is C16H12O5. The number of allylic oxidation sites excluding steroid dienone is 1. The quantitative estimate of drug-likeness (QED) is 0.829. The minimum atomic E-state index is -0.309. The molecule has 2 N–H and O–H groups in total. The van der Waals surface area contributed by atoms with Gasteiger partial charge in [-0.1, -0.05) is 12.1 Å². The SMILES string of the molecule is COc1cc2c(cc1O)C(=O)C(=Cc1ccc(O)cc1)O2. The van der Waals surface area contributed by atoms with Crippen molar-refractivity contribution in [3.8, 4) is 23.0 Å². The van der Waals surface area contributed by atoms with E-state index in [0.717, 1.165) is 5.56 Å². The number of aromatic hydroxyl groups is 2. The van der Waals surface area contributed by atoms with Gasteiger partial charge in [0.2, 0.25) is 5.78 Å². The van der Waals surface area contributed by atoms with Crippen molar-refractivity contribution in [2.75, 3.05) is 7.11 Å². The number of carbonyl (C=O) groups is 1. The predicted molar refractivity (Wildman–Crippen MR) is 75.7 cm³/mol. The Bertz CT molecular complexity index is 744. The number of ketones is 1. The topological polar surface area (TPSA) is 76.0 Å². The number of fused-ring (bicyclic) bond motifs is 1. The van der Waals surface area contributed by atoms with Gasteiger partial charge < -0.3 is 19.7 Å². The third-order valence-electron chi connectivity index (χ3n) is 3.16. The van der Waals surface area contributed by atoms with Crippen LogP contribution < -0.4 is 9.47 Å². The lowest BCUT2D eigenvalue weighted by atomic mass is 10.1. The van der Waals surface area contributed by atoms with Gasteiger partial charge in [0.05, 0.1) is 12.7 Å². The van der Waals surface area contributed by atoms with Gasteiger partial charge in [0.15, 0.2) is 17.3 Å². The number of carbonyl (C=O) groups excluding carboxylic acids is 1. The average molecular weight is 284 g/mol. The molecule has 5 heteroatoms. The average Bonchev–Trinajstić information content (AvgIpc) is 2.77. The largest absolute Gasteiger partial charge is 0.508 e. The second-order valence-electron chi connectivity index (χ2n) is 4.55. The number of methoxy groups -OCH3 is 1. The minimum absolute atomic E-state index is 0.112. The van der Waals surface area contributed by atoms with E-state index in [-0.39, 0.29) is 28.8 Å². The van der Waals surface area contributed by atoms with E-state index in [9.17, 15) is 15.0 Å². The van der Waals surface area contributed by atoms with E-state index in [1.807, 2.05) is 0 Å². The van der Waals surface area contributed by atoms with E-state index in [1.54, 1.807) is 18.2 Å². The predicted octanol–water partition coefficient (Wildman–Crippen LogP) is 2.72. The maximum Gasteiger partial charge on any atom is 0.232 e. The first kappa shape index (κ1) is 13.1. The van der Waals surface area contributed by atoms with Gasteiger partial charge >= 0.3 is 0 Å². The molecule has 1 aliphatic rings. The molecule has 0 unspecified atom stereocenters. The van der Waals surface area contributed by atoms with Crippen molar-refractivity contribution in [1.82, 2.24) is 0 Å². The summed E-state index contributed by atoms with van der Waals surface area (Å²) in [6.45, 7) is 0. The van der Waals surface area contributed by atoms with Gasteiger partial charge in [-0.2, -0.15) is 0 Å². The lowest BCUT2D eigenvalue weighted by Crippen LogP contribution is -1.97. The second kappa shape index (κ2) is 4.86. The highest BCUT2D eigenvalue weighted by atomic mass is 16.5. The molecule has 0 spiro atoms. The van der Waals surface area contributed by atoms with Gasteiger partial charge in [0, 0.05) is 6.07 Å². The minimum Gasteiger partial charge on any atom is -0.508 e. The smallest absolute Gasteiger partial charge is 0.232 e. The number of Topliss-reactive ketones (excluding diaryl/α,β-unsaturated/α-hetero) is 1. The molecule has 0 radical (unpaired) electrons. The Balaban J connectivity index is 1.98.